The van der Waals surface area contributed by atoms with Crippen molar-refractivity contribution in [2.24, 2.45) is 35.0 Å². The van der Waals surface area contributed by atoms with E-state index in [2.05, 4.69) is 13.8 Å². The summed E-state index contributed by atoms with van der Waals surface area (Å²) in [6.45, 7) is 4.62. The predicted octanol–water partition coefficient (Wildman–Crippen LogP) is 4.13. The van der Waals surface area contributed by atoms with Crippen molar-refractivity contribution in [1.82, 2.24) is 0 Å². The van der Waals surface area contributed by atoms with Crippen LogP contribution in [-0.4, -0.2) is 17.0 Å². The van der Waals surface area contributed by atoms with Crippen LogP contribution in [0, 0.1) is 35.0 Å². The minimum atomic E-state index is -0.0661. The highest BCUT2D eigenvalue weighted by Crippen LogP contribution is 2.63. The molecule has 4 aliphatic carbocycles. The Labute approximate surface area is 134 Å². The topological polar surface area (TPSA) is 37.3 Å². The Kier molecular flexibility index (Phi) is 3.52. The van der Waals surface area contributed by atoms with Crippen LogP contribution in [0.3, 0.4) is 0 Å². The monoisotopic (exact) mass is 302 g/mol. The van der Waals surface area contributed by atoms with Crippen molar-refractivity contribution in [2.75, 3.05) is 0 Å². The van der Waals surface area contributed by atoms with Gasteiger partial charge in [0.05, 0.1) is 6.10 Å². The lowest BCUT2D eigenvalue weighted by molar-refractivity contribution is -0.116. The quantitative estimate of drug-likeness (QED) is 0.791. The largest absolute Gasteiger partial charge is 0.393 e. The number of carbonyl (C=O) groups is 1. The van der Waals surface area contributed by atoms with E-state index >= 15 is 0 Å². The van der Waals surface area contributed by atoms with Gasteiger partial charge in [-0.15, -0.1) is 0 Å². The second-order valence-corrected chi connectivity index (χ2v) is 8.55. The van der Waals surface area contributed by atoms with Crippen molar-refractivity contribution in [3.05, 3.63) is 11.6 Å². The summed E-state index contributed by atoms with van der Waals surface area (Å²) in [5.74, 6) is 3.89. The number of aliphatic hydroxyl groups excluding tert-OH is 1. The summed E-state index contributed by atoms with van der Waals surface area (Å²) in [5, 5.41) is 10.6. The first kappa shape index (κ1) is 14.9. The molecule has 22 heavy (non-hydrogen) atoms. The zero-order valence-electron chi connectivity index (χ0n) is 14.1. The third-order valence-electron chi connectivity index (χ3n) is 7.99. The van der Waals surface area contributed by atoms with Crippen molar-refractivity contribution < 1.29 is 9.90 Å². The van der Waals surface area contributed by atoms with Crippen LogP contribution in [0.1, 0.15) is 65.2 Å². The minimum Gasteiger partial charge on any atom is -0.393 e. The van der Waals surface area contributed by atoms with Crippen LogP contribution in [-0.2, 0) is 4.79 Å². The number of rotatable bonds is 1. The standard InChI is InChI=1S/C20H30O2/c1-3-20-9-8-15-14-5-4-13(21)11-16(14)12(2)10-17(15)18(20)6-7-19(20)22/h11-12,14-15,17-19,22H,3-10H2,1-2H3/t12-,14+,15+,17+,18-,19-,20?/m0/s1. The van der Waals surface area contributed by atoms with Gasteiger partial charge in [0, 0.05) is 6.42 Å². The third kappa shape index (κ3) is 1.92. The van der Waals surface area contributed by atoms with Gasteiger partial charge in [-0.25, -0.2) is 0 Å². The first-order valence-electron chi connectivity index (χ1n) is 9.49. The second kappa shape index (κ2) is 5.19. The Morgan fingerprint density at radius 3 is 2.82 bits per heavy atom. The van der Waals surface area contributed by atoms with Crippen LogP contribution in [0.5, 0.6) is 0 Å². The highest BCUT2D eigenvalue weighted by atomic mass is 16.3. The average Bonchev–Trinajstić information content (AvgIpc) is 2.85. The SMILES string of the molecule is CCC12CC[C@H]3[C@@H](C[C@H](C)C4=CC(=O)CC[C@@H]43)[C@@H]1CC[C@@H]2O. The zero-order chi connectivity index (χ0) is 15.5. The molecule has 2 heteroatoms. The normalized spacial score (nSPS) is 50.9. The van der Waals surface area contributed by atoms with Crippen LogP contribution in [0.15, 0.2) is 11.6 Å². The molecule has 122 valence electrons. The van der Waals surface area contributed by atoms with E-state index < -0.39 is 0 Å². The molecule has 0 aromatic rings. The Hall–Kier alpha value is -0.630. The van der Waals surface area contributed by atoms with Gasteiger partial charge in [-0.3, -0.25) is 4.79 Å². The molecule has 7 atom stereocenters. The molecule has 4 aliphatic rings. The molecule has 0 heterocycles. The minimum absolute atomic E-state index is 0.0661. The Morgan fingerprint density at radius 1 is 1.23 bits per heavy atom. The molecule has 0 aromatic heterocycles. The Balaban J connectivity index is 1.67. The molecule has 3 fully saturated rings. The van der Waals surface area contributed by atoms with Gasteiger partial charge < -0.3 is 5.11 Å². The van der Waals surface area contributed by atoms with Crippen LogP contribution in [0.25, 0.3) is 0 Å². The van der Waals surface area contributed by atoms with Crippen molar-refractivity contribution in [2.45, 2.75) is 71.3 Å². The van der Waals surface area contributed by atoms with Crippen LogP contribution >= 0.6 is 0 Å². The number of allylic oxidation sites excluding steroid dienone is 1. The van der Waals surface area contributed by atoms with Crippen LogP contribution in [0.4, 0.5) is 0 Å². The average molecular weight is 302 g/mol. The van der Waals surface area contributed by atoms with Gasteiger partial charge in [0.25, 0.3) is 0 Å². The third-order valence-corrected chi connectivity index (χ3v) is 7.99. The zero-order valence-corrected chi connectivity index (χ0v) is 14.1. The van der Waals surface area contributed by atoms with Crippen molar-refractivity contribution in [3.63, 3.8) is 0 Å². The maximum absolute atomic E-state index is 11.8. The van der Waals surface area contributed by atoms with E-state index in [9.17, 15) is 9.90 Å². The molecule has 0 amide bonds. The summed E-state index contributed by atoms with van der Waals surface area (Å²) in [6, 6.07) is 0. The Bertz CT molecular complexity index is 508. The summed E-state index contributed by atoms with van der Waals surface area (Å²) < 4.78 is 0. The molecule has 0 radical (unpaired) electrons. The summed E-state index contributed by atoms with van der Waals surface area (Å²) in [5.41, 5.74) is 1.69. The summed E-state index contributed by atoms with van der Waals surface area (Å²) >= 11 is 0. The lowest BCUT2D eigenvalue weighted by Gasteiger charge is -2.55. The fourth-order valence-corrected chi connectivity index (χ4v) is 6.96. The van der Waals surface area contributed by atoms with E-state index in [4.69, 9.17) is 0 Å². The second-order valence-electron chi connectivity index (χ2n) is 8.55. The number of carbonyl (C=O) groups excluding carboxylic acids is 1. The van der Waals surface area contributed by atoms with Gasteiger partial charge in [-0.1, -0.05) is 19.4 Å². The number of fused-ring (bicyclic) bond motifs is 5. The lowest BCUT2D eigenvalue weighted by atomic mass is 9.49. The molecule has 0 spiro atoms. The van der Waals surface area contributed by atoms with E-state index in [-0.39, 0.29) is 11.5 Å². The van der Waals surface area contributed by atoms with Crippen molar-refractivity contribution in [3.8, 4) is 0 Å². The number of ketones is 1. The van der Waals surface area contributed by atoms with E-state index in [1.54, 1.807) is 0 Å². The Morgan fingerprint density at radius 2 is 2.05 bits per heavy atom. The molecule has 0 bridgehead atoms. The van der Waals surface area contributed by atoms with Crippen LogP contribution in [0.2, 0.25) is 0 Å². The molecule has 1 unspecified atom stereocenters. The van der Waals surface area contributed by atoms with Crippen molar-refractivity contribution >= 4 is 5.78 Å². The van der Waals surface area contributed by atoms with E-state index in [1.807, 2.05) is 6.08 Å². The molecule has 3 saturated carbocycles. The molecular weight excluding hydrogens is 272 g/mol. The number of hydrogen-bond donors (Lipinski definition) is 1. The smallest absolute Gasteiger partial charge is 0.155 e. The van der Waals surface area contributed by atoms with E-state index in [0.717, 1.165) is 43.4 Å². The van der Waals surface area contributed by atoms with Gasteiger partial charge in [0.2, 0.25) is 0 Å². The fourth-order valence-electron chi connectivity index (χ4n) is 6.96. The van der Waals surface area contributed by atoms with Gasteiger partial charge in [-0.05, 0) is 86.0 Å². The molecule has 0 saturated heterocycles. The highest BCUT2D eigenvalue weighted by molar-refractivity contribution is 5.91. The maximum Gasteiger partial charge on any atom is 0.155 e. The van der Waals surface area contributed by atoms with Gasteiger partial charge in [0.15, 0.2) is 5.78 Å². The number of aliphatic hydroxyl groups is 1. The molecule has 4 rings (SSSR count). The van der Waals surface area contributed by atoms with E-state index in [1.165, 1.54) is 31.3 Å². The maximum atomic E-state index is 11.8. The first-order chi connectivity index (χ1) is 10.6. The summed E-state index contributed by atoms with van der Waals surface area (Å²) in [4.78, 5) is 11.8. The summed E-state index contributed by atoms with van der Waals surface area (Å²) in [6.07, 6.45) is 10.9. The molecular formula is C20H30O2. The van der Waals surface area contributed by atoms with E-state index in [0.29, 0.717) is 17.6 Å². The van der Waals surface area contributed by atoms with Gasteiger partial charge >= 0.3 is 0 Å². The highest BCUT2D eigenvalue weighted by Gasteiger charge is 2.58. The van der Waals surface area contributed by atoms with Gasteiger partial charge in [0.1, 0.15) is 0 Å². The molecule has 0 aromatic carbocycles. The van der Waals surface area contributed by atoms with Crippen LogP contribution < -0.4 is 0 Å². The van der Waals surface area contributed by atoms with Crippen molar-refractivity contribution in [1.29, 1.82) is 0 Å². The van der Waals surface area contributed by atoms with Gasteiger partial charge in [-0.2, -0.15) is 0 Å². The fraction of sp³-hybridized carbons (Fsp3) is 0.850. The first-order valence-corrected chi connectivity index (χ1v) is 9.49. The molecule has 2 nitrogen and oxygen atoms in total. The lowest BCUT2D eigenvalue weighted by Crippen LogP contribution is -2.50. The molecule has 1 N–H and O–H groups in total. The predicted molar refractivity (Wildman–Crippen MR) is 87.3 cm³/mol. The summed E-state index contributed by atoms with van der Waals surface area (Å²) in [7, 11) is 0. The molecule has 0 aliphatic heterocycles. The number of hydrogen-bond acceptors (Lipinski definition) is 2.